The average Bonchev–Trinajstić information content (AvgIpc) is 2.25. The zero-order valence-electron chi connectivity index (χ0n) is 9.96. The van der Waals surface area contributed by atoms with Crippen molar-refractivity contribution in [3.8, 4) is 0 Å². The van der Waals surface area contributed by atoms with Crippen molar-refractivity contribution in [1.82, 2.24) is 10.3 Å². The smallest absolute Gasteiger partial charge is 0.239 e. The van der Waals surface area contributed by atoms with Gasteiger partial charge in [0.2, 0.25) is 5.91 Å². The van der Waals surface area contributed by atoms with Crippen LogP contribution in [0, 0.1) is 5.92 Å². The van der Waals surface area contributed by atoms with E-state index in [0.717, 1.165) is 4.47 Å². The summed E-state index contributed by atoms with van der Waals surface area (Å²) in [5, 5.41) is 5.70. The minimum Gasteiger partial charge on any atom is -0.396 e. The number of nitrogens with one attached hydrogen (secondary N) is 2. The van der Waals surface area contributed by atoms with Crippen molar-refractivity contribution in [2.45, 2.75) is 13.8 Å². The molecule has 1 heterocycles. The van der Waals surface area contributed by atoms with Crippen LogP contribution in [0.2, 0.25) is 0 Å². The quantitative estimate of drug-likeness (QED) is 0.772. The second-order valence-electron chi connectivity index (χ2n) is 4.14. The lowest BCUT2D eigenvalue weighted by atomic mass is 10.2. The number of halogens is 1. The number of aromatic nitrogens is 1. The van der Waals surface area contributed by atoms with Gasteiger partial charge >= 0.3 is 0 Å². The number of carbonyl (C=O) groups excluding carboxylic acids is 1. The van der Waals surface area contributed by atoms with Crippen LogP contribution in [0.1, 0.15) is 13.8 Å². The number of pyridine rings is 1. The lowest BCUT2D eigenvalue weighted by Gasteiger charge is -2.10. The maximum atomic E-state index is 11.4. The van der Waals surface area contributed by atoms with Gasteiger partial charge in [0.25, 0.3) is 0 Å². The second-order valence-corrected chi connectivity index (χ2v) is 5.06. The van der Waals surface area contributed by atoms with E-state index in [1.165, 1.54) is 0 Å². The van der Waals surface area contributed by atoms with E-state index >= 15 is 0 Å². The average molecular weight is 301 g/mol. The fourth-order valence-corrected chi connectivity index (χ4v) is 1.50. The predicted molar refractivity (Wildman–Crippen MR) is 72.7 cm³/mol. The molecule has 1 amide bonds. The van der Waals surface area contributed by atoms with E-state index in [-0.39, 0.29) is 12.5 Å². The number of anilines is 2. The zero-order chi connectivity index (χ0) is 12.8. The fourth-order valence-electron chi connectivity index (χ4n) is 1.15. The summed E-state index contributed by atoms with van der Waals surface area (Å²) in [7, 11) is 0. The van der Waals surface area contributed by atoms with Gasteiger partial charge in [-0.3, -0.25) is 4.79 Å². The largest absolute Gasteiger partial charge is 0.396 e. The number of amides is 1. The molecule has 1 aromatic heterocycles. The van der Waals surface area contributed by atoms with Crippen LogP contribution in [0.15, 0.2) is 16.7 Å². The van der Waals surface area contributed by atoms with Crippen LogP contribution < -0.4 is 16.4 Å². The molecule has 94 valence electrons. The highest BCUT2D eigenvalue weighted by molar-refractivity contribution is 9.10. The van der Waals surface area contributed by atoms with Crippen molar-refractivity contribution in [3.05, 3.63) is 16.7 Å². The minimum absolute atomic E-state index is 0.0668. The Morgan fingerprint density at radius 1 is 1.59 bits per heavy atom. The molecule has 0 aromatic carbocycles. The molecule has 0 aliphatic carbocycles. The van der Waals surface area contributed by atoms with E-state index in [9.17, 15) is 4.79 Å². The summed E-state index contributed by atoms with van der Waals surface area (Å²) in [6.45, 7) is 4.93. The highest BCUT2D eigenvalue weighted by Crippen LogP contribution is 2.19. The first-order valence-corrected chi connectivity index (χ1v) is 6.20. The van der Waals surface area contributed by atoms with Crippen molar-refractivity contribution >= 4 is 33.3 Å². The normalized spacial score (nSPS) is 10.4. The monoisotopic (exact) mass is 300 g/mol. The van der Waals surface area contributed by atoms with Crippen LogP contribution in [-0.4, -0.2) is 24.0 Å². The van der Waals surface area contributed by atoms with E-state index in [1.807, 2.05) is 13.8 Å². The molecule has 0 atom stereocenters. The van der Waals surface area contributed by atoms with Gasteiger partial charge in [0.1, 0.15) is 5.82 Å². The van der Waals surface area contributed by atoms with E-state index in [0.29, 0.717) is 24.0 Å². The first-order valence-electron chi connectivity index (χ1n) is 5.40. The highest BCUT2D eigenvalue weighted by atomic mass is 79.9. The SMILES string of the molecule is CC(C)CNC(=O)CNc1ncc(Br)cc1N. The highest BCUT2D eigenvalue weighted by Gasteiger charge is 2.05. The Bertz CT molecular complexity index is 395. The Balaban J connectivity index is 2.42. The standard InChI is InChI=1S/C11H17BrN4O/c1-7(2)4-14-10(17)6-16-11-9(13)3-8(12)5-15-11/h3,5,7H,4,6,13H2,1-2H3,(H,14,17)(H,15,16). The van der Waals surface area contributed by atoms with Crippen molar-refractivity contribution in [2.75, 3.05) is 24.1 Å². The van der Waals surface area contributed by atoms with Crippen molar-refractivity contribution in [2.24, 2.45) is 5.92 Å². The third-order valence-electron chi connectivity index (χ3n) is 2.01. The molecule has 5 nitrogen and oxygen atoms in total. The summed E-state index contributed by atoms with van der Waals surface area (Å²) in [4.78, 5) is 15.5. The Morgan fingerprint density at radius 2 is 2.29 bits per heavy atom. The predicted octanol–water partition coefficient (Wildman–Crippen LogP) is 1.61. The molecule has 0 fully saturated rings. The van der Waals surface area contributed by atoms with Gasteiger partial charge in [0.05, 0.1) is 12.2 Å². The molecule has 0 saturated carbocycles. The summed E-state index contributed by atoms with van der Waals surface area (Å²) < 4.78 is 0.810. The lowest BCUT2D eigenvalue weighted by Crippen LogP contribution is -2.32. The number of carbonyl (C=O) groups is 1. The first kappa shape index (κ1) is 13.8. The first-order chi connectivity index (χ1) is 7.99. The summed E-state index contributed by atoms with van der Waals surface area (Å²) in [5.74, 6) is 0.894. The summed E-state index contributed by atoms with van der Waals surface area (Å²) in [5.41, 5.74) is 6.25. The van der Waals surface area contributed by atoms with Gasteiger partial charge < -0.3 is 16.4 Å². The van der Waals surface area contributed by atoms with E-state index in [1.54, 1.807) is 12.3 Å². The number of nitrogen functional groups attached to an aromatic ring is 1. The molecule has 0 aliphatic rings. The number of nitrogens with two attached hydrogens (primary N) is 1. The molecule has 17 heavy (non-hydrogen) atoms. The third kappa shape index (κ3) is 5.04. The second kappa shape index (κ2) is 6.44. The molecule has 0 radical (unpaired) electrons. The molecule has 0 bridgehead atoms. The van der Waals surface area contributed by atoms with Gasteiger partial charge in [-0.1, -0.05) is 13.8 Å². The molecule has 6 heteroatoms. The van der Waals surface area contributed by atoms with Crippen LogP contribution >= 0.6 is 15.9 Å². The maximum absolute atomic E-state index is 11.4. The minimum atomic E-state index is -0.0668. The van der Waals surface area contributed by atoms with Crippen LogP contribution in [0.25, 0.3) is 0 Å². The molecular formula is C11H17BrN4O. The summed E-state index contributed by atoms with van der Waals surface area (Å²) >= 11 is 3.27. The molecule has 0 saturated heterocycles. The van der Waals surface area contributed by atoms with Crippen molar-refractivity contribution < 1.29 is 4.79 Å². The fraction of sp³-hybridized carbons (Fsp3) is 0.455. The third-order valence-corrected chi connectivity index (χ3v) is 2.44. The van der Waals surface area contributed by atoms with Gasteiger partial charge in [-0.05, 0) is 27.9 Å². The number of rotatable bonds is 5. The topological polar surface area (TPSA) is 80.0 Å². The van der Waals surface area contributed by atoms with E-state index in [4.69, 9.17) is 5.73 Å². The van der Waals surface area contributed by atoms with Gasteiger partial charge in [-0.15, -0.1) is 0 Å². The molecular weight excluding hydrogens is 284 g/mol. The van der Waals surface area contributed by atoms with Crippen LogP contribution in [0.3, 0.4) is 0 Å². The van der Waals surface area contributed by atoms with Crippen LogP contribution in [0.4, 0.5) is 11.5 Å². The Morgan fingerprint density at radius 3 is 2.88 bits per heavy atom. The van der Waals surface area contributed by atoms with E-state index < -0.39 is 0 Å². The Hall–Kier alpha value is -1.30. The van der Waals surface area contributed by atoms with Gasteiger partial charge in [0, 0.05) is 17.2 Å². The van der Waals surface area contributed by atoms with Crippen molar-refractivity contribution in [3.63, 3.8) is 0 Å². The molecule has 0 spiro atoms. The Kier molecular flexibility index (Phi) is 5.21. The number of hydrogen-bond donors (Lipinski definition) is 3. The molecule has 1 rings (SSSR count). The molecule has 0 unspecified atom stereocenters. The number of nitrogens with zero attached hydrogens (tertiary/aromatic N) is 1. The maximum Gasteiger partial charge on any atom is 0.239 e. The van der Waals surface area contributed by atoms with Crippen LogP contribution in [-0.2, 0) is 4.79 Å². The number of hydrogen-bond acceptors (Lipinski definition) is 4. The summed E-state index contributed by atoms with van der Waals surface area (Å²) in [6.07, 6.45) is 1.63. The van der Waals surface area contributed by atoms with Gasteiger partial charge in [-0.2, -0.15) is 0 Å². The summed E-state index contributed by atoms with van der Waals surface area (Å²) in [6, 6.07) is 1.74. The molecule has 4 N–H and O–H groups in total. The van der Waals surface area contributed by atoms with Crippen LogP contribution in [0.5, 0.6) is 0 Å². The van der Waals surface area contributed by atoms with Crippen molar-refractivity contribution in [1.29, 1.82) is 0 Å². The lowest BCUT2D eigenvalue weighted by molar-refractivity contribution is -0.119. The Labute approximate surface area is 109 Å². The van der Waals surface area contributed by atoms with E-state index in [2.05, 4.69) is 31.5 Å². The van der Waals surface area contributed by atoms with Gasteiger partial charge in [0.15, 0.2) is 0 Å². The zero-order valence-corrected chi connectivity index (χ0v) is 11.5. The molecule has 0 aliphatic heterocycles. The molecule has 1 aromatic rings. The van der Waals surface area contributed by atoms with Gasteiger partial charge in [-0.25, -0.2) is 4.98 Å².